The molecule has 0 saturated heterocycles. The molecule has 1 saturated carbocycles. The first-order valence-electron chi connectivity index (χ1n) is 6.30. The number of hydrogen-bond donors (Lipinski definition) is 1. The predicted molar refractivity (Wildman–Crippen MR) is 63.2 cm³/mol. The lowest BCUT2D eigenvalue weighted by atomic mass is 9.72. The molecule has 0 spiro atoms. The highest BCUT2D eigenvalue weighted by molar-refractivity contribution is 4.80. The Morgan fingerprint density at radius 1 is 1.07 bits per heavy atom. The Morgan fingerprint density at radius 2 is 1.64 bits per heavy atom. The molecule has 0 heterocycles. The fourth-order valence-corrected chi connectivity index (χ4v) is 2.55. The van der Waals surface area contributed by atoms with Crippen molar-refractivity contribution in [2.75, 3.05) is 0 Å². The van der Waals surface area contributed by atoms with Crippen LogP contribution in [-0.2, 0) is 0 Å². The lowest BCUT2D eigenvalue weighted by Gasteiger charge is -2.33. The maximum atomic E-state index is 6.04. The lowest BCUT2D eigenvalue weighted by Crippen LogP contribution is -2.23. The van der Waals surface area contributed by atoms with E-state index in [0.717, 1.165) is 5.92 Å². The maximum Gasteiger partial charge on any atom is 0.00388 e. The lowest BCUT2D eigenvalue weighted by molar-refractivity contribution is 0.173. The Morgan fingerprint density at radius 3 is 2.29 bits per heavy atom. The number of rotatable bonds is 1. The van der Waals surface area contributed by atoms with Gasteiger partial charge in [0.1, 0.15) is 0 Å². The van der Waals surface area contributed by atoms with E-state index in [0.29, 0.717) is 11.5 Å². The summed E-state index contributed by atoms with van der Waals surface area (Å²) in [6.07, 6.45) is 9.30. The Balaban J connectivity index is 2.52. The Bertz CT molecular complexity index is 165. The van der Waals surface area contributed by atoms with Crippen LogP contribution in [0.3, 0.4) is 0 Å². The standard InChI is InChI=1S/C13H27N/c1-11(2)13(3)9-5-4-7-12(14)8-6-10-13/h11-12H,4-10,14H2,1-3H3. The summed E-state index contributed by atoms with van der Waals surface area (Å²) in [6, 6.07) is 0.476. The van der Waals surface area contributed by atoms with Crippen LogP contribution in [0.5, 0.6) is 0 Å². The summed E-state index contributed by atoms with van der Waals surface area (Å²) in [5.74, 6) is 0.817. The van der Waals surface area contributed by atoms with Crippen LogP contribution in [0.2, 0.25) is 0 Å². The van der Waals surface area contributed by atoms with Crippen LogP contribution in [0.25, 0.3) is 0 Å². The van der Waals surface area contributed by atoms with E-state index in [1.54, 1.807) is 0 Å². The molecule has 0 radical (unpaired) electrons. The van der Waals surface area contributed by atoms with E-state index in [-0.39, 0.29) is 0 Å². The molecule has 0 aromatic rings. The molecule has 1 aliphatic carbocycles. The van der Waals surface area contributed by atoms with E-state index in [1.165, 1.54) is 44.9 Å². The monoisotopic (exact) mass is 197 g/mol. The zero-order chi connectivity index (χ0) is 10.6. The quantitative estimate of drug-likeness (QED) is 0.681. The first-order valence-corrected chi connectivity index (χ1v) is 6.30. The fraction of sp³-hybridized carbons (Fsp3) is 1.00. The van der Waals surface area contributed by atoms with Crippen molar-refractivity contribution in [1.29, 1.82) is 0 Å². The molecule has 1 aliphatic rings. The molecule has 2 unspecified atom stereocenters. The van der Waals surface area contributed by atoms with Gasteiger partial charge in [-0.25, -0.2) is 0 Å². The third-order valence-electron chi connectivity index (χ3n) is 4.29. The molecule has 2 N–H and O–H groups in total. The van der Waals surface area contributed by atoms with Gasteiger partial charge in [0.05, 0.1) is 0 Å². The second kappa shape index (κ2) is 5.16. The molecule has 2 atom stereocenters. The van der Waals surface area contributed by atoms with E-state index in [1.807, 2.05) is 0 Å². The Hall–Kier alpha value is -0.0400. The van der Waals surface area contributed by atoms with Gasteiger partial charge in [0.2, 0.25) is 0 Å². The minimum Gasteiger partial charge on any atom is -0.328 e. The van der Waals surface area contributed by atoms with Crippen molar-refractivity contribution in [3.05, 3.63) is 0 Å². The van der Waals surface area contributed by atoms with Crippen LogP contribution in [0.15, 0.2) is 0 Å². The van der Waals surface area contributed by atoms with Crippen molar-refractivity contribution in [3.8, 4) is 0 Å². The summed E-state index contributed by atoms with van der Waals surface area (Å²) in [5.41, 5.74) is 6.61. The molecule has 84 valence electrons. The van der Waals surface area contributed by atoms with E-state index < -0.39 is 0 Å². The highest BCUT2D eigenvalue weighted by atomic mass is 14.6. The van der Waals surface area contributed by atoms with Gasteiger partial charge in [0, 0.05) is 6.04 Å². The van der Waals surface area contributed by atoms with Gasteiger partial charge in [0.25, 0.3) is 0 Å². The molecule has 0 aromatic heterocycles. The van der Waals surface area contributed by atoms with Gasteiger partial charge >= 0.3 is 0 Å². The molecule has 0 aromatic carbocycles. The van der Waals surface area contributed by atoms with Crippen molar-refractivity contribution >= 4 is 0 Å². The summed E-state index contributed by atoms with van der Waals surface area (Å²) < 4.78 is 0. The van der Waals surface area contributed by atoms with Crippen LogP contribution in [0.1, 0.15) is 65.7 Å². The Kier molecular flexibility index (Phi) is 4.43. The van der Waals surface area contributed by atoms with Gasteiger partial charge in [-0.3, -0.25) is 0 Å². The average molecular weight is 197 g/mol. The van der Waals surface area contributed by atoms with Gasteiger partial charge in [0.15, 0.2) is 0 Å². The fourth-order valence-electron chi connectivity index (χ4n) is 2.55. The normalized spacial score (nSPS) is 36.2. The van der Waals surface area contributed by atoms with E-state index in [4.69, 9.17) is 5.73 Å². The van der Waals surface area contributed by atoms with Crippen LogP contribution < -0.4 is 5.73 Å². The summed E-state index contributed by atoms with van der Waals surface area (Å²) in [5, 5.41) is 0. The molecule has 1 nitrogen and oxygen atoms in total. The van der Waals surface area contributed by atoms with Crippen LogP contribution >= 0.6 is 0 Å². The van der Waals surface area contributed by atoms with Crippen molar-refractivity contribution < 1.29 is 0 Å². The van der Waals surface area contributed by atoms with E-state index in [9.17, 15) is 0 Å². The second-order valence-electron chi connectivity index (χ2n) is 5.71. The molecule has 1 heteroatoms. The highest BCUT2D eigenvalue weighted by Gasteiger charge is 2.28. The first kappa shape index (κ1) is 12.0. The van der Waals surface area contributed by atoms with Gasteiger partial charge in [-0.2, -0.15) is 0 Å². The second-order valence-corrected chi connectivity index (χ2v) is 5.71. The van der Waals surface area contributed by atoms with Crippen molar-refractivity contribution in [3.63, 3.8) is 0 Å². The third kappa shape index (κ3) is 3.27. The SMILES string of the molecule is CC(C)C1(C)CCCCC(N)CCC1. The molecule has 0 aliphatic heterocycles. The average Bonchev–Trinajstić information content (AvgIpc) is 2.18. The smallest absolute Gasteiger partial charge is 0.00388 e. The summed E-state index contributed by atoms with van der Waals surface area (Å²) >= 11 is 0. The minimum atomic E-state index is 0.476. The molecule has 0 amide bonds. The van der Waals surface area contributed by atoms with E-state index in [2.05, 4.69) is 20.8 Å². The number of nitrogens with two attached hydrogens (primary N) is 1. The number of hydrogen-bond acceptors (Lipinski definition) is 1. The first-order chi connectivity index (χ1) is 6.54. The molecule has 14 heavy (non-hydrogen) atoms. The van der Waals surface area contributed by atoms with Crippen LogP contribution in [0.4, 0.5) is 0 Å². The maximum absolute atomic E-state index is 6.04. The molecular weight excluding hydrogens is 170 g/mol. The van der Waals surface area contributed by atoms with Gasteiger partial charge in [-0.1, -0.05) is 40.0 Å². The highest BCUT2D eigenvalue weighted by Crippen LogP contribution is 2.39. The van der Waals surface area contributed by atoms with Gasteiger partial charge in [-0.15, -0.1) is 0 Å². The van der Waals surface area contributed by atoms with Crippen LogP contribution in [0, 0.1) is 11.3 Å². The summed E-state index contributed by atoms with van der Waals surface area (Å²) in [4.78, 5) is 0. The third-order valence-corrected chi connectivity index (χ3v) is 4.29. The molecule has 1 fully saturated rings. The predicted octanol–water partition coefficient (Wildman–Crippen LogP) is 3.72. The topological polar surface area (TPSA) is 26.0 Å². The Labute approximate surface area is 89.5 Å². The van der Waals surface area contributed by atoms with Crippen molar-refractivity contribution in [2.24, 2.45) is 17.1 Å². The van der Waals surface area contributed by atoms with Crippen molar-refractivity contribution in [2.45, 2.75) is 71.8 Å². The van der Waals surface area contributed by atoms with E-state index >= 15 is 0 Å². The summed E-state index contributed by atoms with van der Waals surface area (Å²) in [7, 11) is 0. The zero-order valence-corrected chi connectivity index (χ0v) is 10.2. The van der Waals surface area contributed by atoms with Crippen molar-refractivity contribution in [1.82, 2.24) is 0 Å². The minimum absolute atomic E-state index is 0.476. The zero-order valence-electron chi connectivity index (χ0n) is 10.2. The molecule has 0 bridgehead atoms. The molecule has 1 rings (SSSR count). The van der Waals surface area contributed by atoms with Crippen LogP contribution in [-0.4, -0.2) is 6.04 Å². The summed E-state index contributed by atoms with van der Waals surface area (Å²) in [6.45, 7) is 7.21. The van der Waals surface area contributed by atoms with Gasteiger partial charge in [-0.05, 0) is 37.0 Å². The van der Waals surface area contributed by atoms with Gasteiger partial charge < -0.3 is 5.73 Å². The largest absolute Gasteiger partial charge is 0.328 e. The molecular formula is C13H27N.